The summed E-state index contributed by atoms with van der Waals surface area (Å²) < 4.78 is 5.14. The molecular formula is C16H15NO3S2. The van der Waals surface area contributed by atoms with Gasteiger partial charge in [-0.25, -0.2) is 4.79 Å². The molecule has 0 unspecified atom stereocenters. The zero-order chi connectivity index (χ0) is 15.5. The van der Waals surface area contributed by atoms with E-state index in [1.807, 2.05) is 37.3 Å². The lowest BCUT2D eigenvalue weighted by Gasteiger charge is -2.28. The molecule has 1 aromatic carbocycles. The number of thioether (sulfide) groups is 1. The summed E-state index contributed by atoms with van der Waals surface area (Å²) >= 11 is 3.10. The number of carbonyl (C=O) groups is 2. The van der Waals surface area contributed by atoms with Crippen molar-refractivity contribution in [2.45, 2.75) is 11.8 Å². The first kappa shape index (κ1) is 15.1. The highest BCUT2D eigenvalue weighted by molar-refractivity contribution is 7.99. The van der Waals surface area contributed by atoms with Gasteiger partial charge < -0.3 is 9.64 Å². The van der Waals surface area contributed by atoms with E-state index < -0.39 is 5.97 Å². The highest BCUT2D eigenvalue weighted by Gasteiger charge is 2.23. The van der Waals surface area contributed by atoms with Crippen molar-refractivity contribution in [3.63, 3.8) is 0 Å². The minimum absolute atomic E-state index is 0.186. The summed E-state index contributed by atoms with van der Waals surface area (Å²) in [5, 5.41) is 0. The fourth-order valence-corrected chi connectivity index (χ4v) is 4.01. The first-order chi connectivity index (χ1) is 10.6. The van der Waals surface area contributed by atoms with E-state index in [0.29, 0.717) is 11.4 Å². The van der Waals surface area contributed by atoms with Crippen LogP contribution in [-0.2, 0) is 9.53 Å². The molecule has 0 spiro atoms. The van der Waals surface area contributed by atoms with Crippen molar-refractivity contribution in [1.29, 1.82) is 0 Å². The molecule has 1 aliphatic rings. The smallest absolute Gasteiger partial charge is 0.348 e. The maximum absolute atomic E-state index is 12.3. The number of para-hydroxylation sites is 1. The average Bonchev–Trinajstić information content (AvgIpc) is 2.98. The number of amides is 1. The summed E-state index contributed by atoms with van der Waals surface area (Å²) in [6.07, 6.45) is 0. The highest BCUT2D eigenvalue weighted by atomic mass is 32.2. The molecule has 0 aliphatic carbocycles. The molecule has 22 heavy (non-hydrogen) atoms. The number of benzene rings is 1. The third kappa shape index (κ3) is 3.18. The number of thiophene rings is 1. The molecule has 2 aromatic rings. The molecule has 4 nitrogen and oxygen atoms in total. The topological polar surface area (TPSA) is 46.6 Å². The van der Waals surface area contributed by atoms with Gasteiger partial charge >= 0.3 is 5.97 Å². The second-order valence-corrected chi connectivity index (χ2v) is 7.27. The SMILES string of the molecule is Cc1ccc(C(=O)OCC(=O)N2CCSc3ccccc32)s1. The van der Waals surface area contributed by atoms with Crippen LogP contribution in [0, 0.1) is 6.92 Å². The number of nitrogens with zero attached hydrogens (tertiary/aromatic N) is 1. The molecule has 3 rings (SSSR count). The van der Waals surface area contributed by atoms with Gasteiger partial charge in [-0.3, -0.25) is 4.79 Å². The third-order valence-electron chi connectivity index (χ3n) is 3.30. The van der Waals surface area contributed by atoms with E-state index in [1.54, 1.807) is 22.7 Å². The monoisotopic (exact) mass is 333 g/mol. The average molecular weight is 333 g/mol. The van der Waals surface area contributed by atoms with Gasteiger partial charge in [-0.1, -0.05) is 12.1 Å². The minimum atomic E-state index is -0.439. The molecule has 0 bridgehead atoms. The van der Waals surface area contributed by atoms with Gasteiger partial charge in [-0.2, -0.15) is 0 Å². The van der Waals surface area contributed by atoms with Gasteiger partial charge in [0.05, 0.1) is 5.69 Å². The number of ether oxygens (including phenoxy) is 1. The molecule has 0 N–H and O–H groups in total. The summed E-state index contributed by atoms with van der Waals surface area (Å²) in [6.45, 7) is 2.33. The number of rotatable bonds is 3. The molecule has 6 heteroatoms. The number of aryl methyl sites for hydroxylation is 1. The van der Waals surface area contributed by atoms with Crippen LogP contribution in [0.2, 0.25) is 0 Å². The van der Waals surface area contributed by atoms with Crippen LogP contribution >= 0.6 is 23.1 Å². The Hall–Kier alpha value is -1.79. The fraction of sp³-hybridized carbons (Fsp3) is 0.250. The van der Waals surface area contributed by atoms with Crippen molar-refractivity contribution in [1.82, 2.24) is 0 Å². The van der Waals surface area contributed by atoms with Crippen molar-refractivity contribution in [2.75, 3.05) is 23.8 Å². The van der Waals surface area contributed by atoms with E-state index in [1.165, 1.54) is 11.3 Å². The van der Waals surface area contributed by atoms with Crippen LogP contribution in [0.3, 0.4) is 0 Å². The molecule has 0 atom stereocenters. The van der Waals surface area contributed by atoms with Crippen LogP contribution in [0.5, 0.6) is 0 Å². The lowest BCUT2D eigenvalue weighted by atomic mass is 10.2. The Bertz CT molecular complexity index is 711. The summed E-state index contributed by atoms with van der Waals surface area (Å²) in [6, 6.07) is 11.4. The molecule has 0 saturated carbocycles. The molecule has 0 radical (unpaired) electrons. The molecule has 1 amide bonds. The maximum atomic E-state index is 12.3. The molecule has 1 aliphatic heterocycles. The first-order valence-corrected chi connectivity index (χ1v) is 8.71. The Morgan fingerprint density at radius 3 is 2.82 bits per heavy atom. The zero-order valence-corrected chi connectivity index (χ0v) is 13.7. The van der Waals surface area contributed by atoms with Gasteiger partial charge in [0.2, 0.25) is 0 Å². The van der Waals surface area contributed by atoms with Gasteiger partial charge in [0.1, 0.15) is 4.88 Å². The Labute approximate surface area is 137 Å². The van der Waals surface area contributed by atoms with Gasteiger partial charge in [-0.15, -0.1) is 23.1 Å². The van der Waals surface area contributed by atoms with E-state index in [4.69, 9.17) is 4.74 Å². The Morgan fingerprint density at radius 1 is 1.23 bits per heavy atom. The van der Waals surface area contributed by atoms with Gasteiger partial charge in [-0.05, 0) is 31.2 Å². The van der Waals surface area contributed by atoms with E-state index in [2.05, 4.69) is 0 Å². The molecule has 0 fully saturated rings. The first-order valence-electron chi connectivity index (χ1n) is 6.91. The predicted molar refractivity (Wildman–Crippen MR) is 88.9 cm³/mol. The van der Waals surface area contributed by atoms with Crippen molar-refractivity contribution < 1.29 is 14.3 Å². The van der Waals surface area contributed by atoms with Crippen molar-refractivity contribution in [3.05, 3.63) is 46.2 Å². The molecular weight excluding hydrogens is 318 g/mol. The molecule has 2 heterocycles. The lowest BCUT2D eigenvalue weighted by Crippen LogP contribution is -2.38. The Kier molecular flexibility index (Phi) is 4.49. The summed E-state index contributed by atoms with van der Waals surface area (Å²) in [5.74, 6) is 0.223. The standard InChI is InChI=1S/C16H15NO3S2/c1-11-6-7-14(22-11)16(19)20-10-15(18)17-8-9-21-13-5-3-2-4-12(13)17/h2-7H,8-10H2,1H3. The van der Waals surface area contributed by atoms with Crippen LogP contribution in [0.1, 0.15) is 14.5 Å². The third-order valence-corrected chi connectivity index (χ3v) is 5.32. The highest BCUT2D eigenvalue weighted by Crippen LogP contribution is 2.34. The summed E-state index contributed by atoms with van der Waals surface area (Å²) in [4.78, 5) is 28.6. The fourth-order valence-electron chi connectivity index (χ4n) is 2.25. The van der Waals surface area contributed by atoms with Crippen LogP contribution in [0.25, 0.3) is 0 Å². The lowest BCUT2D eigenvalue weighted by molar-refractivity contribution is -0.121. The number of carbonyl (C=O) groups excluding carboxylic acids is 2. The molecule has 0 saturated heterocycles. The Balaban J connectivity index is 1.65. The van der Waals surface area contributed by atoms with Crippen LogP contribution in [-0.4, -0.2) is 30.8 Å². The molecule has 114 valence electrons. The normalized spacial score (nSPS) is 13.6. The Morgan fingerprint density at radius 2 is 2.05 bits per heavy atom. The van der Waals surface area contributed by atoms with E-state index >= 15 is 0 Å². The van der Waals surface area contributed by atoms with E-state index in [-0.39, 0.29) is 12.5 Å². The number of hydrogen-bond donors (Lipinski definition) is 0. The minimum Gasteiger partial charge on any atom is -0.451 e. The number of hydrogen-bond acceptors (Lipinski definition) is 5. The van der Waals surface area contributed by atoms with Crippen LogP contribution in [0.4, 0.5) is 5.69 Å². The molecule has 1 aromatic heterocycles. The number of esters is 1. The van der Waals surface area contributed by atoms with Crippen molar-refractivity contribution in [2.24, 2.45) is 0 Å². The van der Waals surface area contributed by atoms with Gasteiger partial charge in [0.15, 0.2) is 6.61 Å². The van der Waals surface area contributed by atoms with Gasteiger partial charge in [0, 0.05) is 22.1 Å². The zero-order valence-electron chi connectivity index (χ0n) is 12.1. The second-order valence-electron chi connectivity index (χ2n) is 4.85. The van der Waals surface area contributed by atoms with E-state index in [9.17, 15) is 9.59 Å². The van der Waals surface area contributed by atoms with E-state index in [0.717, 1.165) is 21.2 Å². The summed E-state index contributed by atoms with van der Waals surface area (Å²) in [7, 11) is 0. The number of fused-ring (bicyclic) bond motifs is 1. The number of anilines is 1. The van der Waals surface area contributed by atoms with Crippen molar-refractivity contribution >= 4 is 40.7 Å². The second kappa shape index (κ2) is 6.54. The van der Waals surface area contributed by atoms with Crippen molar-refractivity contribution in [3.8, 4) is 0 Å². The quantitative estimate of drug-likeness (QED) is 0.808. The van der Waals surface area contributed by atoms with Crippen LogP contribution in [0.15, 0.2) is 41.3 Å². The maximum Gasteiger partial charge on any atom is 0.348 e. The predicted octanol–water partition coefficient (Wildman–Crippen LogP) is 3.35. The largest absolute Gasteiger partial charge is 0.451 e. The van der Waals surface area contributed by atoms with Gasteiger partial charge in [0.25, 0.3) is 5.91 Å². The van der Waals surface area contributed by atoms with Crippen LogP contribution < -0.4 is 4.90 Å². The summed E-state index contributed by atoms with van der Waals surface area (Å²) in [5.41, 5.74) is 0.895.